The number of piperidine rings is 1. The molecule has 4 aromatic rings. The van der Waals surface area contributed by atoms with Crippen LogP contribution in [-0.4, -0.2) is 87.4 Å². The molecule has 2 aromatic heterocycles. The molecule has 0 saturated carbocycles. The number of halogens is 2. The molecular weight excluding hydrogens is 625 g/mol. The molecule has 2 unspecified atom stereocenters. The van der Waals surface area contributed by atoms with E-state index >= 15 is 0 Å². The summed E-state index contributed by atoms with van der Waals surface area (Å²) >= 11 is 14.0. The quantitative estimate of drug-likeness (QED) is 0.262. The maximum atomic E-state index is 13.4. The highest BCUT2D eigenvalue weighted by atomic mass is 35.5. The predicted molar refractivity (Wildman–Crippen MR) is 178 cm³/mol. The molecule has 0 radical (unpaired) electrons. The number of imidazole rings is 1. The average Bonchev–Trinajstić information content (AvgIpc) is 3.39. The van der Waals surface area contributed by atoms with Gasteiger partial charge >= 0.3 is 0 Å². The van der Waals surface area contributed by atoms with E-state index in [1.165, 1.54) is 0 Å². The van der Waals surface area contributed by atoms with E-state index in [4.69, 9.17) is 32.9 Å². The summed E-state index contributed by atoms with van der Waals surface area (Å²) in [6, 6.07) is 15.9. The van der Waals surface area contributed by atoms with E-state index in [-0.39, 0.29) is 5.91 Å². The number of likely N-dealkylation sites (N-methyl/N-ethyl adjacent to an activating group) is 1. The van der Waals surface area contributed by atoms with E-state index in [0.29, 0.717) is 69.4 Å². The summed E-state index contributed by atoms with van der Waals surface area (Å²) in [6.45, 7) is 3.86. The first kappa shape index (κ1) is 30.7. The topological polar surface area (TPSA) is 95.8 Å². The molecule has 2 aromatic carbocycles. The van der Waals surface area contributed by atoms with Gasteiger partial charge < -0.3 is 24.4 Å². The number of carbonyl (C=O) groups is 2. The zero-order chi connectivity index (χ0) is 32.1. The Bertz CT molecular complexity index is 1830. The second kappa shape index (κ2) is 12.3. The van der Waals surface area contributed by atoms with Gasteiger partial charge in [0.25, 0.3) is 5.91 Å². The standard InChI is InChI=1S/C34H35Cl2N7O3/c1-40-13-12-29-28(18-40)37-32(41(29)2)33(45)38-27-9-5-7-24(31(27)36)23-6-4-8-25(30(23)35)26-11-10-20(34(39-26)46-3)15-43-21-14-22(43)17-42(16-21)19-44/h4-11,19,21-22H,12-18H2,1-3H3,(H,38,45). The van der Waals surface area contributed by atoms with Gasteiger partial charge in [0, 0.05) is 86.2 Å². The van der Waals surface area contributed by atoms with Gasteiger partial charge in [-0.25, -0.2) is 9.97 Å². The van der Waals surface area contributed by atoms with E-state index in [9.17, 15) is 9.59 Å². The fourth-order valence-electron chi connectivity index (χ4n) is 6.99. The van der Waals surface area contributed by atoms with Crippen molar-refractivity contribution in [2.24, 2.45) is 7.05 Å². The highest BCUT2D eigenvalue weighted by Gasteiger charge is 2.44. The molecule has 2 amide bonds. The summed E-state index contributed by atoms with van der Waals surface area (Å²) < 4.78 is 7.60. The summed E-state index contributed by atoms with van der Waals surface area (Å²) in [5.74, 6) is 0.574. The number of piperazine rings is 1. The van der Waals surface area contributed by atoms with Crippen LogP contribution in [0, 0.1) is 0 Å². The number of ether oxygens (including phenoxy) is 1. The number of benzene rings is 2. The SMILES string of the molecule is COc1nc(-c2cccc(-c3cccc(NC(=O)c4nc5c(n4C)CCN(C)C5)c3Cl)c2Cl)ccc1CN1C2CC1CN(C=O)C2. The van der Waals surface area contributed by atoms with Crippen molar-refractivity contribution >= 4 is 41.2 Å². The normalized spacial score (nSPS) is 19.4. The van der Waals surface area contributed by atoms with Crippen LogP contribution in [0.15, 0.2) is 48.5 Å². The van der Waals surface area contributed by atoms with Crippen molar-refractivity contribution in [3.8, 4) is 28.3 Å². The first-order chi connectivity index (χ1) is 22.2. The van der Waals surface area contributed by atoms with E-state index in [0.717, 1.165) is 61.4 Å². The molecule has 10 nitrogen and oxygen atoms in total. The number of hydrogen-bond acceptors (Lipinski definition) is 7. The molecule has 12 heteroatoms. The fourth-order valence-corrected chi connectivity index (χ4v) is 7.59. The Morgan fingerprint density at radius 2 is 1.72 bits per heavy atom. The Morgan fingerprint density at radius 1 is 1.00 bits per heavy atom. The Labute approximate surface area is 277 Å². The van der Waals surface area contributed by atoms with Crippen molar-refractivity contribution in [3.63, 3.8) is 0 Å². The number of amides is 2. The number of pyridine rings is 1. The monoisotopic (exact) mass is 659 g/mol. The summed E-state index contributed by atoms with van der Waals surface area (Å²) in [5, 5.41) is 3.83. The van der Waals surface area contributed by atoms with E-state index < -0.39 is 0 Å². The molecule has 238 valence electrons. The highest BCUT2D eigenvalue weighted by molar-refractivity contribution is 6.39. The van der Waals surface area contributed by atoms with Gasteiger partial charge in [-0.3, -0.25) is 14.5 Å². The minimum Gasteiger partial charge on any atom is -0.481 e. The van der Waals surface area contributed by atoms with Crippen LogP contribution in [0.25, 0.3) is 22.4 Å². The lowest BCUT2D eigenvalue weighted by atomic mass is 9.87. The van der Waals surface area contributed by atoms with Crippen LogP contribution >= 0.6 is 23.2 Å². The molecule has 2 bridgehead atoms. The molecule has 2 saturated heterocycles. The van der Waals surface area contributed by atoms with Crippen LogP contribution in [0.1, 0.15) is 34.0 Å². The van der Waals surface area contributed by atoms with Crippen LogP contribution in [0.5, 0.6) is 5.88 Å². The smallest absolute Gasteiger partial charge is 0.291 e. The lowest BCUT2D eigenvalue weighted by Crippen LogP contribution is -2.67. The van der Waals surface area contributed by atoms with E-state index in [2.05, 4.69) is 20.1 Å². The average molecular weight is 661 g/mol. The van der Waals surface area contributed by atoms with Crippen LogP contribution in [0.3, 0.4) is 0 Å². The lowest BCUT2D eigenvalue weighted by molar-refractivity contribution is -0.131. The van der Waals surface area contributed by atoms with Gasteiger partial charge in [-0.2, -0.15) is 0 Å². The van der Waals surface area contributed by atoms with Crippen molar-refractivity contribution in [2.75, 3.05) is 39.1 Å². The molecule has 0 spiro atoms. The highest BCUT2D eigenvalue weighted by Crippen LogP contribution is 2.42. The molecule has 2 atom stereocenters. The molecule has 1 N–H and O–H groups in total. The van der Waals surface area contributed by atoms with Gasteiger partial charge in [0.05, 0.1) is 34.2 Å². The largest absolute Gasteiger partial charge is 0.481 e. The number of hydrogen-bond donors (Lipinski definition) is 1. The van der Waals surface area contributed by atoms with Crippen LogP contribution in [0.4, 0.5) is 5.69 Å². The van der Waals surface area contributed by atoms with Crippen molar-refractivity contribution in [3.05, 3.63) is 81.4 Å². The van der Waals surface area contributed by atoms with Crippen LogP contribution in [-0.2, 0) is 31.4 Å². The minimum absolute atomic E-state index is 0.322. The number of rotatable bonds is 8. The number of likely N-dealkylation sites (tertiary alicyclic amines) is 2. The lowest BCUT2D eigenvalue weighted by Gasteiger charge is -2.55. The van der Waals surface area contributed by atoms with Gasteiger partial charge in [-0.05, 0) is 25.6 Å². The van der Waals surface area contributed by atoms with Gasteiger partial charge in [0.15, 0.2) is 5.82 Å². The first-order valence-corrected chi connectivity index (χ1v) is 16.1. The number of anilines is 1. The van der Waals surface area contributed by atoms with Gasteiger partial charge in [-0.15, -0.1) is 0 Å². The van der Waals surface area contributed by atoms with Crippen LogP contribution < -0.4 is 10.1 Å². The minimum atomic E-state index is -0.322. The number of nitrogens with zero attached hydrogens (tertiary/aromatic N) is 6. The van der Waals surface area contributed by atoms with Crippen molar-refractivity contribution < 1.29 is 14.3 Å². The zero-order valence-corrected chi connectivity index (χ0v) is 27.5. The second-order valence-corrected chi connectivity index (χ2v) is 13.1. The summed E-state index contributed by atoms with van der Waals surface area (Å²) in [6.07, 6.45) is 2.89. The molecule has 7 rings (SSSR count). The number of methoxy groups -OCH3 is 1. The third kappa shape index (κ3) is 5.43. The predicted octanol–water partition coefficient (Wildman–Crippen LogP) is 5.12. The molecule has 0 aliphatic carbocycles. The van der Waals surface area contributed by atoms with Crippen molar-refractivity contribution in [1.82, 2.24) is 29.2 Å². The Kier molecular flexibility index (Phi) is 8.23. The maximum absolute atomic E-state index is 13.4. The van der Waals surface area contributed by atoms with Gasteiger partial charge in [-0.1, -0.05) is 59.6 Å². The Balaban J connectivity index is 1.13. The third-order valence-electron chi connectivity index (χ3n) is 9.47. The second-order valence-electron chi connectivity index (χ2n) is 12.3. The fraction of sp³-hybridized carbons (Fsp3) is 0.353. The molecule has 5 heterocycles. The zero-order valence-electron chi connectivity index (χ0n) is 26.0. The molecular formula is C34H35Cl2N7O3. The number of carbonyl (C=O) groups excluding carboxylic acids is 2. The van der Waals surface area contributed by atoms with Gasteiger partial charge in [0.1, 0.15) is 0 Å². The molecule has 46 heavy (non-hydrogen) atoms. The number of nitrogens with one attached hydrogen (secondary N) is 1. The molecule has 2 fully saturated rings. The van der Waals surface area contributed by atoms with E-state index in [1.807, 2.05) is 66.0 Å². The van der Waals surface area contributed by atoms with Crippen molar-refractivity contribution in [1.29, 1.82) is 0 Å². The first-order valence-electron chi connectivity index (χ1n) is 15.4. The van der Waals surface area contributed by atoms with Crippen LogP contribution in [0.2, 0.25) is 10.0 Å². The third-order valence-corrected chi connectivity index (χ3v) is 10.3. The number of fused-ring (bicyclic) bond motifs is 3. The summed E-state index contributed by atoms with van der Waals surface area (Å²) in [5.41, 5.74) is 6.28. The van der Waals surface area contributed by atoms with Gasteiger partial charge in [0.2, 0.25) is 12.3 Å². The summed E-state index contributed by atoms with van der Waals surface area (Å²) in [4.78, 5) is 40.5. The molecule has 3 aliphatic rings. The Hall–Kier alpha value is -3.96. The summed E-state index contributed by atoms with van der Waals surface area (Å²) in [7, 11) is 5.55. The number of aromatic nitrogens is 3. The molecule has 3 aliphatic heterocycles. The maximum Gasteiger partial charge on any atom is 0.291 e. The van der Waals surface area contributed by atoms with E-state index in [1.54, 1.807) is 13.2 Å². The van der Waals surface area contributed by atoms with Crippen molar-refractivity contribution in [2.45, 2.75) is 38.0 Å². The Morgan fingerprint density at radius 3 is 2.46 bits per heavy atom.